The van der Waals surface area contributed by atoms with E-state index in [9.17, 15) is 0 Å². The first-order valence-electron chi connectivity index (χ1n) is 14.1. The zero-order chi connectivity index (χ0) is 25.2. The third-order valence-corrected chi connectivity index (χ3v) is 7.50. The van der Waals surface area contributed by atoms with Gasteiger partial charge in [0.2, 0.25) is 5.95 Å². The molecule has 2 N–H and O–H groups in total. The molecule has 1 fully saturated rings. The lowest BCUT2D eigenvalue weighted by atomic mass is 9.91. The largest absolute Gasteiger partial charge is 0.362 e. The molecular formula is C31H45N5. The van der Waals surface area contributed by atoms with Crippen molar-refractivity contribution in [3.63, 3.8) is 0 Å². The highest BCUT2D eigenvalue weighted by molar-refractivity contribution is 5.90. The lowest BCUT2D eigenvalue weighted by Gasteiger charge is -2.30. The number of hydrogen-bond donors (Lipinski definition) is 2. The molecular weight excluding hydrogens is 442 g/mol. The summed E-state index contributed by atoms with van der Waals surface area (Å²) in [5.41, 5.74) is 3.86. The quantitative estimate of drug-likeness (QED) is 0.252. The number of nitrogens with zero attached hydrogens (tertiary/aromatic N) is 3. The molecule has 36 heavy (non-hydrogen) atoms. The number of nitrogens with one attached hydrogen (secondary N) is 2. The van der Waals surface area contributed by atoms with Crippen molar-refractivity contribution in [1.82, 2.24) is 15.3 Å². The Kier molecular flexibility index (Phi) is 9.97. The molecule has 1 aliphatic carbocycles. The molecule has 1 saturated carbocycles. The first kappa shape index (κ1) is 26.4. The Bertz CT molecular complexity index is 1050. The fourth-order valence-electron chi connectivity index (χ4n) is 5.29. The lowest BCUT2D eigenvalue weighted by molar-refractivity contribution is 0.352. The summed E-state index contributed by atoms with van der Waals surface area (Å²) < 4.78 is 0. The summed E-state index contributed by atoms with van der Waals surface area (Å²) in [6.07, 6.45) is 14.0. The molecule has 0 spiro atoms. The van der Waals surface area contributed by atoms with E-state index in [1.54, 1.807) is 0 Å². The second-order valence-corrected chi connectivity index (χ2v) is 10.7. The van der Waals surface area contributed by atoms with Gasteiger partial charge in [0.15, 0.2) is 0 Å². The molecule has 4 rings (SSSR count). The van der Waals surface area contributed by atoms with Gasteiger partial charge in [-0.15, -0.1) is 0 Å². The van der Waals surface area contributed by atoms with Gasteiger partial charge in [-0.2, -0.15) is 4.98 Å². The number of aryl methyl sites for hydroxylation is 1. The van der Waals surface area contributed by atoms with Crippen molar-refractivity contribution >= 4 is 22.7 Å². The minimum Gasteiger partial charge on any atom is -0.362 e. The van der Waals surface area contributed by atoms with Gasteiger partial charge in [-0.25, -0.2) is 4.98 Å². The first-order valence-corrected chi connectivity index (χ1v) is 14.1. The van der Waals surface area contributed by atoms with Crippen LogP contribution in [0, 0.1) is 0 Å². The predicted octanol–water partition coefficient (Wildman–Crippen LogP) is 7.11. The van der Waals surface area contributed by atoms with Crippen LogP contribution < -0.4 is 15.5 Å². The van der Waals surface area contributed by atoms with Gasteiger partial charge in [0.1, 0.15) is 5.82 Å². The molecule has 0 bridgehead atoms. The van der Waals surface area contributed by atoms with Crippen LogP contribution in [0.5, 0.6) is 0 Å². The van der Waals surface area contributed by atoms with E-state index in [4.69, 9.17) is 9.97 Å². The molecule has 5 nitrogen and oxygen atoms in total. The van der Waals surface area contributed by atoms with Crippen molar-refractivity contribution in [3.8, 4) is 0 Å². The summed E-state index contributed by atoms with van der Waals surface area (Å²) in [6.45, 7) is 3.24. The van der Waals surface area contributed by atoms with E-state index in [-0.39, 0.29) is 0 Å². The molecule has 5 heteroatoms. The van der Waals surface area contributed by atoms with Gasteiger partial charge in [0, 0.05) is 38.1 Å². The van der Waals surface area contributed by atoms with Crippen molar-refractivity contribution in [2.75, 3.05) is 24.3 Å². The summed E-state index contributed by atoms with van der Waals surface area (Å²) in [4.78, 5) is 11.7. The molecule has 0 radical (unpaired) electrons. The van der Waals surface area contributed by atoms with Gasteiger partial charge >= 0.3 is 0 Å². The van der Waals surface area contributed by atoms with E-state index < -0.39 is 0 Å². The fraction of sp³-hybridized carbons (Fsp3) is 0.548. The van der Waals surface area contributed by atoms with E-state index in [1.165, 1.54) is 68.9 Å². The van der Waals surface area contributed by atoms with Gasteiger partial charge < -0.3 is 15.5 Å². The maximum atomic E-state index is 4.82. The summed E-state index contributed by atoms with van der Waals surface area (Å²) in [5, 5.41) is 8.51. The van der Waals surface area contributed by atoms with E-state index in [0.29, 0.717) is 12.1 Å². The van der Waals surface area contributed by atoms with Gasteiger partial charge in [0.25, 0.3) is 0 Å². The van der Waals surface area contributed by atoms with Crippen molar-refractivity contribution in [3.05, 3.63) is 59.7 Å². The number of hydrogen-bond acceptors (Lipinski definition) is 5. The predicted molar refractivity (Wildman–Crippen MR) is 154 cm³/mol. The zero-order valence-electron chi connectivity index (χ0n) is 22.6. The first-order chi connectivity index (χ1) is 17.6. The molecule has 1 heterocycles. The summed E-state index contributed by atoms with van der Waals surface area (Å²) in [7, 11) is 4.08. The number of benzene rings is 2. The SMILES string of the molecule is CCCCCCCCc1ccc(CN[C@H]2CC[C@@H](Nc3nc(N(C)C)c4ccccc4n3)CC2)cc1. The Hall–Kier alpha value is -2.66. The molecule has 0 aliphatic heterocycles. The molecule has 0 unspecified atom stereocenters. The third kappa shape index (κ3) is 7.67. The molecule has 194 valence electrons. The number of anilines is 2. The average Bonchev–Trinajstić information content (AvgIpc) is 2.90. The van der Waals surface area contributed by atoms with E-state index in [2.05, 4.69) is 58.9 Å². The Labute approximate surface area is 218 Å². The standard InChI is InChI=1S/C31H45N5/c1-4-5-6-7-8-9-12-24-15-17-25(18-16-24)23-32-26-19-21-27(22-20-26)33-31-34-29-14-11-10-13-28(29)30(35-31)36(2)3/h10-11,13-18,26-27,32H,4-9,12,19-23H2,1-3H3,(H,33,34,35)/t26-,27+. The molecule has 3 aromatic rings. The Morgan fingerprint density at radius 1 is 0.778 bits per heavy atom. The maximum absolute atomic E-state index is 4.82. The Morgan fingerprint density at radius 2 is 1.44 bits per heavy atom. The number of para-hydroxylation sites is 1. The maximum Gasteiger partial charge on any atom is 0.225 e. The lowest BCUT2D eigenvalue weighted by Crippen LogP contribution is -2.37. The number of fused-ring (bicyclic) bond motifs is 1. The third-order valence-electron chi connectivity index (χ3n) is 7.50. The van der Waals surface area contributed by atoms with Crippen molar-refractivity contribution in [2.24, 2.45) is 0 Å². The zero-order valence-corrected chi connectivity index (χ0v) is 22.6. The van der Waals surface area contributed by atoms with Crippen LogP contribution in [0.4, 0.5) is 11.8 Å². The van der Waals surface area contributed by atoms with Gasteiger partial charge in [0.05, 0.1) is 5.52 Å². The Morgan fingerprint density at radius 3 is 2.19 bits per heavy atom. The molecule has 0 amide bonds. The van der Waals surface area contributed by atoms with Crippen molar-refractivity contribution in [2.45, 2.75) is 96.2 Å². The van der Waals surface area contributed by atoms with Crippen LogP contribution in [-0.2, 0) is 13.0 Å². The smallest absolute Gasteiger partial charge is 0.225 e. The van der Waals surface area contributed by atoms with Gasteiger partial charge in [-0.05, 0) is 61.8 Å². The topological polar surface area (TPSA) is 53.1 Å². The summed E-state index contributed by atoms with van der Waals surface area (Å²) in [6, 6.07) is 18.5. The number of aromatic nitrogens is 2. The van der Waals surface area contributed by atoms with Crippen LogP contribution in [0.2, 0.25) is 0 Å². The van der Waals surface area contributed by atoms with E-state index in [1.807, 2.05) is 26.2 Å². The monoisotopic (exact) mass is 487 g/mol. The molecule has 0 saturated heterocycles. The average molecular weight is 488 g/mol. The summed E-state index contributed by atoms with van der Waals surface area (Å²) >= 11 is 0. The van der Waals surface area contributed by atoms with Crippen LogP contribution in [0.25, 0.3) is 10.9 Å². The minimum atomic E-state index is 0.431. The van der Waals surface area contributed by atoms with Crippen LogP contribution in [-0.4, -0.2) is 36.1 Å². The second-order valence-electron chi connectivity index (χ2n) is 10.7. The van der Waals surface area contributed by atoms with Gasteiger partial charge in [-0.1, -0.05) is 75.4 Å². The van der Waals surface area contributed by atoms with Gasteiger partial charge in [-0.3, -0.25) is 0 Å². The highest BCUT2D eigenvalue weighted by atomic mass is 15.2. The fourth-order valence-corrected chi connectivity index (χ4v) is 5.29. The minimum absolute atomic E-state index is 0.431. The van der Waals surface area contributed by atoms with Crippen LogP contribution in [0.15, 0.2) is 48.5 Å². The molecule has 2 aromatic carbocycles. The highest BCUT2D eigenvalue weighted by Gasteiger charge is 2.22. The van der Waals surface area contributed by atoms with Crippen LogP contribution in [0.1, 0.15) is 82.3 Å². The highest BCUT2D eigenvalue weighted by Crippen LogP contribution is 2.26. The van der Waals surface area contributed by atoms with Crippen LogP contribution in [0.3, 0.4) is 0 Å². The molecule has 0 atom stereocenters. The molecule has 1 aliphatic rings. The summed E-state index contributed by atoms with van der Waals surface area (Å²) in [5.74, 6) is 1.71. The van der Waals surface area contributed by atoms with E-state index in [0.717, 1.165) is 42.1 Å². The number of rotatable bonds is 13. The normalized spacial score (nSPS) is 17.9. The number of unbranched alkanes of at least 4 members (excludes halogenated alkanes) is 5. The van der Waals surface area contributed by atoms with Crippen LogP contribution >= 0.6 is 0 Å². The second kappa shape index (κ2) is 13.6. The Balaban J connectivity index is 1.19. The van der Waals surface area contributed by atoms with Crippen molar-refractivity contribution in [1.29, 1.82) is 0 Å². The van der Waals surface area contributed by atoms with E-state index >= 15 is 0 Å². The molecule has 1 aromatic heterocycles. The van der Waals surface area contributed by atoms with Crippen molar-refractivity contribution < 1.29 is 0 Å².